The van der Waals surface area contributed by atoms with Gasteiger partial charge in [0.2, 0.25) is 0 Å². The van der Waals surface area contributed by atoms with Crippen LogP contribution in [0.15, 0.2) is 16.7 Å². The van der Waals surface area contributed by atoms with Gasteiger partial charge in [-0.1, -0.05) is 19.3 Å². The van der Waals surface area contributed by atoms with Crippen molar-refractivity contribution in [2.45, 2.75) is 51.2 Å². The number of amides is 1. The third-order valence-corrected chi connectivity index (χ3v) is 3.36. The molecule has 2 N–H and O–H groups in total. The van der Waals surface area contributed by atoms with Crippen molar-refractivity contribution in [3.8, 4) is 0 Å². The van der Waals surface area contributed by atoms with Crippen LogP contribution in [0.2, 0.25) is 0 Å². The summed E-state index contributed by atoms with van der Waals surface area (Å²) in [7, 11) is 0. The fourth-order valence-corrected chi connectivity index (χ4v) is 2.30. The van der Waals surface area contributed by atoms with E-state index in [1.54, 1.807) is 6.07 Å². The lowest BCUT2D eigenvalue weighted by Gasteiger charge is -2.21. The van der Waals surface area contributed by atoms with E-state index < -0.39 is 6.10 Å². The second kappa shape index (κ2) is 5.36. The second-order valence-electron chi connectivity index (χ2n) is 4.72. The third kappa shape index (κ3) is 2.88. The Bertz CT molecular complexity index is 386. The van der Waals surface area contributed by atoms with Crippen molar-refractivity contribution in [3.63, 3.8) is 0 Å². The molecule has 4 nitrogen and oxygen atoms in total. The molecule has 4 heteroatoms. The molecule has 1 fully saturated rings. The van der Waals surface area contributed by atoms with Crippen LogP contribution in [0.3, 0.4) is 0 Å². The highest BCUT2D eigenvalue weighted by molar-refractivity contribution is 5.93. The monoisotopic (exact) mass is 237 g/mol. The smallest absolute Gasteiger partial charge is 0.287 e. The average Bonchev–Trinajstić information content (AvgIpc) is 2.63. The van der Waals surface area contributed by atoms with Gasteiger partial charge in [0, 0.05) is 5.56 Å². The first-order chi connectivity index (χ1) is 8.18. The van der Waals surface area contributed by atoms with Gasteiger partial charge in [0.1, 0.15) is 0 Å². The Morgan fingerprint density at radius 2 is 2.18 bits per heavy atom. The van der Waals surface area contributed by atoms with Crippen molar-refractivity contribution in [3.05, 3.63) is 23.7 Å². The normalized spacial score (nSPS) is 25.3. The lowest BCUT2D eigenvalue weighted by Crippen LogP contribution is -2.42. The molecule has 1 aromatic heterocycles. The van der Waals surface area contributed by atoms with Crippen molar-refractivity contribution in [1.82, 2.24) is 5.32 Å². The quantitative estimate of drug-likeness (QED) is 0.773. The molecule has 1 heterocycles. The SMILES string of the molecule is Cc1ccoc1C(=O)NC1CCCCCC1O. The summed E-state index contributed by atoms with van der Waals surface area (Å²) in [4.78, 5) is 11.9. The van der Waals surface area contributed by atoms with Crippen LogP contribution in [0, 0.1) is 6.92 Å². The number of carbonyl (C=O) groups is 1. The van der Waals surface area contributed by atoms with Crippen molar-refractivity contribution in [1.29, 1.82) is 0 Å². The Kier molecular flexibility index (Phi) is 3.84. The fourth-order valence-electron chi connectivity index (χ4n) is 2.30. The van der Waals surface area contributed by atoms with Crippen LogP contribution in [0.1, 0.15) is 48.2 Å². The number of nitrogens with one attached hydrogen (secondary N) is 1. The Morgan fingerprint density at radius 3 is 2.88 bits per heavy atom. The summed E-state index contributed by atoms with van der Waals surface area (Å²) >= 11 is 0. The molecule has 0 saturated heterocycles. The minimum atomic E-state index is -0.434. The maximum absolute atomic E-state index is 11.9. The molecule has 2 unspecified atom stereocenters. The van der Waals surface area contributed by atoms with E-state index in [0.717, 1.165) is 37.7 Å². The van der Waals surface area contributed by atoms with Gasteiger partial charge < -0.3 is 14.8 Å². The van der Waals surface area contributed by atoms with Crippen molar-refractivity contribution < 1.29 is 14.3 Å². The number of hydrogen-bond acceptors (Lipinski definition) is 3. The van der Waals surface area contributed by atoms with Gasteiger partial charge in [0.05, 0.1) is 18.4 Å². The van der Waals surface area contributed by atoms with Gasteiger partial charge in [0.25, 0.3) is 5.91 Å². The summed E-state index contributed by atoms with van der Waals surface area (Å²) in [6.07, 6.45) is 5.90. The van der Waals surface area contributed by atoms with Crippen molar-refractivity contribution >= 4 is 5.91 Å². The summed E-state index contributed by atoms with van der Waals surface area (Å²) < 4.78 is 5.14. The number of rotatable bonds is 2. The van der Waals surface area contributed by atoms with Crippen LogP contribution < -0.4 is 5.32 Å². The molecule has 0 spiro atoms. The van der Waals surface area contributed by atoms with Gasteiger partial charge in [-0.2, -0.15) is 0 Å². The molecule has 2 rings (SSSR count). The number of aryl methyl sites for hydroxylation is 1. The first kappa shape index (κ1) is 12.2. The number of furan rings is 1. The number of hydrogen-bond donors (Lipinski definition) is 2. The maximum atomic E-state index is 11.9. The molecule has 1 aliphatic carbocycles. The largest absolute Gasteiger partial charge is 0.459 e. The van der Waals surface area contributed by atoms with Crippen LogP contribution in [0.5, 0.6) is 0 Å². The van der Waals surface area contributed by atoms with Gasteiger partial charge in [-0.3, -0.25) is 4.79 Å². The predicted molar refractivity (Wildman–Crippen MR) is 63.8 cm³/mol. The Balaban J connectivity index is 2.00. The minimum Gasteiger partial charge on any atom is -0.459 e. The summed E-state index contributed by atoms with van der Waals surface area (Å²) in [6, 6.07) is 1.62. The highest BCUT2D eigenvalue weighted by Gasteiger charge is 2.25. The third-order valence-electron chi connectivity index (χ3n) is 3.36. The first-order valence-corrected chi connectivity index (χ1v) is 6.21. The number of aliphatic hydroxyl groups excluding tert-OH is 1. The number of aliphatic hydroxyl groups is 1. The molecule has 2 atom stereocenters. The lowest BCUT2D eigenvalue weighted by molar-refractivity contribution is 0.0793. The zero-order valence-electron chi connectivity index (χ0n) is 10.1. The molecule has 0 aliphatic heterocycles. The van der Waals surface area contributed by atoms with Gasteiger partial charge in [-0.25, -0.2) is 0 Å². The predicted octanol–water partition coefficient (Wildman–Crippen LogP) is 2.01. The van der Waals surface area contributed by atoms with E-state index in [-0.39, 0.29) is 11.9 Å². The molecular formula is C13H19NO3. The van der Waals surface area contributed by atoms with Crippen LogP contribution in [0.4, 0.5) is 0 Å². The second-order valence-corrected chi connectivity index (χ2v) is 4.72. The zero-order valence-corrected chi connectivity index (χ0v) is 10.1. The number of carbonyl (C=O) groups excluding carboxylic acids is 1. The lowest BCUT2D eigenvalue weighted by atomic mass is 10.1. The molecule has 94 valence electrons. The van der Waals surface area contributed by atoms with E-state index in [1.807, 2.05) is 6.92 Å². The highest BCUT2D eigenvalue weighted by atomic mass is 16.3. The van der Waals surface area contributed by atoms with Crippen LogP contribution >= 0.6 is 0 Å². The minimum absolute atomic E-state index is 0.144. The van der Waals surface area contributed by atoms with Gasteiger partial charge in [-0.15, -0.1) is 0 Å². The molecule has 0 bridgehead atoms. The van der Waals surface area contributed by atoms with E-state index >= 15 is 0 Å². The molecule has 1 amide bonds. The van der Waals surface area contributed by atoms with E-state index in [9.17, 15) is 9.90 Å². The van der Waals surface area contributed by atoms with Crippen LogP contribution in [-0.2, 0) is 0 Å². The average molecular weight is 237 g/mol. The molecule has 0 radical (unpaired) electrons. The first-order valence-electron chi connectivity index (χ1n) is 6.21. The molecular weight excluding hydrogens is 218 g/mol. The van der Waals surface area contributed by atoms with E-state index in [4.69, 9.17) is 4.42 Å². The Hall–Kier alpha value is -1.29. The van der Waals surface area contributed by atoms with E-state index in [0.29, 0.717) is 5.76 Å². The summed E-state index contributed by atoms with van der Waals surface area (Å²) in [5.41, 5.74) is 0.825. The fraction of sp³-hybridized carbons (Fsp3) is 0.615. The van der Waals surface area contributed by atoms with Gasteiger partial charge in [0.15, 0.2) is 5.76 Å². The summed E-state index contributed by atoms with van der Waals surface area (Å²) in [6.45, 7) is 1.84. The molecule has 17 heavy (non-hydrogen) atoms. The van der Waals surface area contributed by atoms with E-state index in [1.165, 1.54) is 6.26 Å². The topological polar surface area (TPSA) is 62.5 Å². The maximum Gasteiger partial charge on any atom is 0.287 e. The zero-order chi connectivity index (χ0) is 12.3. The Labute approximate surface area is 101 Å². The van der Waals surface area contributed by atoms with Crippen molar-refractivity contribution in [2.75, 3.05) is 0 Å². The molecule has 1 aliphatic rings. The van der Waals surface area contributed by atoms with Gasteiger partial charge in [-0.05, 0) is 25.8 Å². The molecule has 1 saturated carbocycles. The Morgan fingerprint density at radius 1 is 1.41 bits per heavy atom. The summed E-state index contributed by atoms with van der Waals surface area (Å²) in [5, 5.41) is 12.8. The van der Waals surface area contributed by atoms with Crippen LogP contribution in [-0.4, -0.2) is 23.2 Å². The summed E-state index contributed by atoms with van der Waals surface area (Å²) in [5.74, 6) is 0.125. The molecule has 0 aromatic carbocycles. The van der Waals surface area contributed by atoms with Gasteiger partial charge >= 0.3 is 0 Å². The standard InChI is InChI=1S/C13H19NO3/c1-9-7-8-17-12(9)13(16)14-10-5-3-2-4-6-11(10)15/h7-8,10-11,15H,2-6H2,1H3,(H,14,16). The molecule has 1 aromatic rings. The van der Waals surface area contributed by atoms with E-state index in [2.05, 4.69) is 5.32 Å². The van der Waals surface area contributed by atoms with Crippen molar-refractivity contribution in [2.24, 2.45) is 0 Å². The highest BCUT2D eigenvalue weighted by Crippen LogP contribution is 2.19. The van der Waals surface area contributed by atoms with Crippen LogP contribution in [0.25, 0.3) is 0 Å².